The number of nitrogens with zero attached hydrogens (tertiary/aromatic N) is 3. The van der Waals surface area contributed by atoms with Gasteiger partial charge < -0.3 is 4.57 Å². The van der Waals surface area contributed by atoms with Crippen molar-refractivity contribution in [1.29, 1.82) is 5.26 Å². The largest absolute Gasteiger partial charge is 0.339 e. The van der Waals surface area contributed by atoms with Gasteiger partial charge in [-0.25, -0.2) is 0 Å². The molecule has 0 radical (unpaired) electrons. The van der Waals surface area contributed by atoms with Crippen LogP contribution in [-0.4, -0.2) is 26.2 Å². The van der Waals surface area contributed by atoms with Gasteiger partial charge >= 0.3 is 0 Å². The molecule has 1 aliphatic heterocycles. The maximum atomic E-state index is 12.1. The van der Waals surface area contributed by atoms with Crippen molar-refractivity contribution in [3.05, 3.63) is 27.9 Å². The molecule has 0 spiro atoms. The van der Waals surface area contributed by atoms with Gasteiger partial charge in [-0.15, -0.1) is 0 Å². The zero-order valence-corrected chi connectivity index (χ0v) is 12.6. The molecule has 0 aliphatic carbocycles. The van der Waals surface area contributed by atoms with Crippen molar-refractivity contribution in [3.63, 3.8) is 0 Å². The molecule has 0 saturated carbocycles. The number of thioether (sulfide) groups is 1. The van der Waals surface area contributed by atoms with E-state index in [4.69, 9.17) is 17.5 Å². The number of carbonyl (C=O) groups is 1. The van der Waals surface area contributed by atoms with Crippen LogP contribution in [0.1, 0.15) is 23.9 Å². The number of rotatable bonds is 2. The van der Waals surface area contributed by atoms with Crippen molar-refractivity contribution in [3.8, 4) is 6.07 Å². The Morgan fingerprint density at radius 1 is 1.58 bits per heavy atom. The van der Waals surface area contributed by atoms with E-state index in [-0.39, 0.29) is 5.91 Å². The lowest BCUT2D eigenvalue weighted by Crippen LogP contribution is -2.27. The summed E-state index contributed by atoms with van der Waals surface area (Å²) in [6, 6.07) is 3.91. The van der Waals surface area contributed by atoms with E-state index in [0.29, 0.717) is 21.5 Å². The Balaban J connectivity index is 2.41. The van der Waals surface area contributed by atoms with Gasteiger partial charge in [-0.05, 0) is 31.6 Å². The molecule has 1 aromatic heterocycles. The van der Waals surface area contributed by atoms with Crippen molar-refractivity contribution in [2.75, 3.05) is 6.54 Å². The molecule has 0 aromatic carbocycles. The third-order valence-corrected chi connectivity index (χ3v) is 4.54. The van der Waals surface area contributed by atoms with Crippen LogP contribution in [0.4, 0.5) is 0 Å². The summed E-state index contributed by atoms with van der Waals surface area (Å²) in [5, 5.41) is 9.00. The summed E-state index contributed by atoms with van der Waals surface area (Å²) in [5.41, 5.74) is 2.42. The average Bonchev–Trinajstić information content (AvgIpc) is 2.81. The van der Waals surface area contributed by atoms with Gasteiger partial charge in [-0.1, -0.05) is 24.0 Å². The van der Waals surface area contributed by atoms with E-state index in [1.165, 1.54) is 11.8 Å². The monoisotopic (exact) mass is 291 g/mol. The number of nitriles is 1. The van der Waals surface area contributed by atoms with Crippen LogP contribution in [0.2, 0.25) is 0 Å². The smallest absolute Gasteiger partial charge is 0.266 e. The predicted octanol–water partition coefficient (Wildman–Crippen LogP) is 2.43. The molecular weight excluding hydrogens is 278 g/mol. The Bertz CT molecular complexity index is 637. The van der Waals surface area contributed by atoms with Crippen molar-refractivity contribution >= 4 is 40.3 Å². The highest BCUT2D eigenvalue weighted by molar-refractivity contribution is 8.26. The zero-order chi connectivity index (χ0) is 14.2. The summed E-state index contributed by atoms with van der Waals surface area (Å²) in [6.07, 6.45) is 1.81. The summed E-state index contributed by atoms with van der Waals surface area (Å²) >= 11 is 6.48. The van der Waals surface area contributed by atoms with Crippen LogP contribution in [0.5, 0.6) is 0 Å². The number of hydrogen-bond acceptors (Lipinski definition) is 4. The molecule has 19 heavy (non-hydrogen) atoms. The molecule has 6 heteroatoms. The molecule has 0 N–H and O–H groups in total. The first-order valence-electron chi connectivity index (χ1n) is 5.81. The van der Waals surface area contributed by atoms with E-state index in [1.807, 2.05) is 31.5 Å². The topological polar surface area (TPSA) is 49.0 Å². The van der Waals surface area contributed by atoms with Crippen LogP contribution in [0, 0.1) is 18.3 Å². The molecule has 1 aliphatic rings. The van der Waals surface area contributed by atoms with Crippen LogP contribution >= 0.6 is 24.0 Å². The first-order chi connectivity index (χ1) is 8.99. The van der Waals surface area contributed by atoms with Gasteiger partial charge in [-0.2, -0.15) is 5.26 Å². The number of thiocarbonyl (C=S) groups is 1. The van der Waals surface area contributed by atoms with Crippen LogP contribution in [0.25, 0.3) is 6.08 Å². The first-order valence-corrected chi connectivity index (χ1v) is 7.03. The first kappa shape index (κ1) is 13.8. The Kier molecular flexibility index (Phi) is 3.78. The van der Waals surface area contributed by atoms with Crippen LogP contribution in [-0.2, 0) is 11.8 Å². The number of hydrogen-bond donors (Lipinski definition) is 0. The highest BCUT2D eigenvalue weighted by atomic mass is 32.2. The van der Waals surface area contributed by atoms with E-state index in [1.54, 1.807) is 11.0 Å². The zero-order valence-electron chi connectivity index (χ0n) is 10.9. The molecule has 1 saturated heterocycles. The fourth-order valence-corrected chi connectivity index (χ4v) is 3.27. The Labute approximate surface area is 121 Å². The standard InChI is InChI=1S/C13H13N3OS2/c1-4-16-12(17)11(19-13(16)18)6-9-5-10(7-14)15(3)8(9)2/h5-6H,4H2,1-3H3. The minimum atomic E-state index is -0.0562. The van der Waals surface area contributed by atoms with Crippen LogP contribution in [0.3, 0.4) is 0 Å². The van der Waals surface area contributed by atoms with Crippen molar-refractivity contribution in [1.82, 2.24) is 9.47 Å². The number of amides is 1. The Hall–Kier alpha value is -1.58. The molecule has 1 amide bonds. The lowest BCUT2D eigenvalue weighted by molar-refractivity contribution is -0.121. The summed E-state index contributed by atoms with van der Waals surface area (Å²) in [7, 11) is 1.84. The van der Waals surface area contributed by atoms with Gasteiger partial charge in [0.1, 0.15) is 16.1 Å². The van der Waals surface area contributed by atoms with E-state index in [2.05, 4.69) is 6.07 Å². The molecular formula is C13H13N3OS2. The normalized spacial score (nSPS) is 17.4. The quantitative estimate of drug-likeness (QED) is 0.620. The van der Waals surface area contributed by atoms with E-state index >= 15 is 0 Å². The molecule has 98 valence electrons. The maximum absolute atomic E-state index is 12.1. The lowest BCUT2D eigenvalue weighted by atomic mass is 10.2. The molecule has 0 unspecified atom stereocenters. The highest BCUT2D eigenvalue weighted by Gasteiger charge is 2.30. The molecule has 0 bridgehead atoms. The SMILES string of the molecule is CCN1C(=O)C(=Cc2cc(C#N)n(C)c2C)SC1=S. The van der Waals surface area contributed by atoms with Crippen molar-refractivity contribution in [2.45, 2.75) is 13.8 Å². The van der Waals surface area contributed by atoms with E-state index in [0.717, 1.165) is 11.3 Å². The highest BCUT2D eigenvalue weighted by Crippen LogP contribution is 2.33. The van der Waals surface area contributed by atoms with Crippen molar-refractivity contribution in [2.24, 2.45) is 7.05 Å². The lowest BCUT2D eigenvalue weighted by Gasteiger charge is -2.09. The van der Waals surface area contributed by atoms with Crippen LogP contribution < -0.4 is 0 Å². The average molecular weight is 291 g/mol. The number of aromatic nitrogens is 1. The molecule has 4 nitrogen and oxygen atoms in total. The molecule has 2 heterocycles. The summed E-state index contributed by atoms with van der Waals surface area (Å²) in [4.78, 5) is 14.3. The number of likely N-dealkylation sites (N-methyl/N-ethyl adjacent to an activating group) is 1. The van der Waals surface area contributed by atoms with Gasteiger partial charge in [0.2, 0.25) is 0 Å². The van der Waals surface area contributed by atoms with Gasteiger partial charge in [0.05, 0.1) is 4.91 Å². The minimum Gasteiger partial charge on any atom is -0.339 e. The Morgan fingerprint density at radius 2 is 2.26 bits per heavy atom. The number of carbonyl (C=O) groups excluding carboxylic acids is 1. The van der Waals surface area contributed by atoms with Gasteiger partial charge in [0, 0.05) is 19.3 Å². The molecule has 2 rings (SSSR count). The summed E-state index contributed by atoms with van der Waals surface area (Å²) in [6.45, 7) is 4.40. The van der Waals surface area contributed by atoms with Crippen molar-refractivity contribution < 1.29 is 4.79 Å². The van der Waals surface area contributed by atoms with Gasteiger partial charge in [0.25, 0.3) is 5.91 Å². The summed E-state index contributed by atoms with van der Waals surface area (Å²) in [5.74, 6) is -0.0562. The molecule has 1 fully saturated rings. The second kappa shape index (κ2) is 5.19. The Morgan fingerprint density at radius 3 is 2.74 bits per heavy atom. The second-order valence-electron chi connectivity index (χ2n) is 4.17. The van der Waals surface area contributed by atoms with E-state index < -0.39 is 0 Å². The van der Waals surface area contributed by atoms with Gasteiger partial charge in [-0.3, -0.25) is 9.69 Å². The van der Waals surface area contributed by atoms with E-state index in [9.17, 15) is 4.79 Å². The summed E-state index contributed by atoms with van der Waals surface area (Å²) < 4.78 is 2.40. The third-order valence-electron chi connectivity index (χ3n) is 3.17. The molecule has 0 atom stereocenters. The maximum Gasteiger partial charge on any atom is 0.266 e. The molecule has 1 aromatic rings. The predicted molar refractivity (Wildman–Crippen MR) is 80.4 cm³/mol. The van der Waals surface area contributed by atoms with Crippen LogP contribution in [0.15, 0.2) is 11.0 Å². The fourth-order valence-electron chi connectivity index (χ4n) is 1.89. The third kappa shape index (κ3) is 2.31. The minimum absolute atomic E-state index is 0.0562. The second-order valence-corrected chi connectivity index (χ2v) is 5.84. The fraction of sp³-hybridized carbons (Fsp3) is 0.308. The van der Waals surface area contributed by atoms with Gasteiger partial charge in [0.15, 0.2) is 0 Å².